The van der Waals surface area contributed by atoms with Crippen molar-refractivity contribution >= 4 is 5.91 Å². The Morgan fingerprint density at radius 2 is 1.95 bits per heavy atom. The molecule has 3 heterocycles. The van der Waals surface area contributed by atoms with Crippen LogP contribution in [0, 0.1) is 0 Å². The number of hydrogen-bond acceptors (Lipinski definition) is 4. The van der Waals surface area contributed by atoms with Crippen molar-refractivity contribution in [3.05, 3.63) is 17.7 Å². The van der Waals surface area contributed by atoms with Gasteiger partial charge in [0.25, 0.3) is 0 Å². The molecule has 0 saturated carbocycles. The smallest absolute Gasteiger partial charge is 0.236 e. The van der Waals surface area contributed by atoms with Crippen molar-refractivity contribution in [2.24, 2.45) is 0 Å². The Labute approximate surface area is 132 Å². The number of imidazole rings is 1. The third kappa shape index (κ3) is 3.50. The maximum Gasteiger partial charge on any atom is 0.236 e. The zero-order chi connectivity index (χ0) is 15.5. The molecule has 1 aromatic rings. The van der Waals surface area contributed by atoms with Crippen LogP contribution in [0.4, 0.5) is 0 Å². The summed E-state index contributed by atoms with van der Waals surface area (Å²) in [6, 6.07) is 0. The van der Waals surface area contributed by atoms with Gasteiger partial charge in [-0.2, -0.15) is 0 Å². The third-order valence-electron chi connectivity index (χ3n) is 4.61. The van der Waals surface area contributed by atoms with Crippen molar-refractivity contribution in [3.63, 3.8) is 0 Å². The van der Waals surface area contributed by atoms with E-state index in [1.54, 1.807) is 0 Å². The van der Waals surface area contributed by atoms with Crippen molar-refractivity contribution in [1.29, 1.82) is 0 Å². The molecule has 0 aliphatic carbocycles. The highest BCUT2D eigenvalue weighted by molar-refractivity contribution is 5.78. The largest absolute Gasteiger partial charge is 0.342 e. The van der Waals surface area contributed by atoms with Gasteiger partial charge in [-0.1, -0.05) is 0 Å². The van der Waals surface area contributed by atoms with Crippen molar-refractivity contribution in [2.75, 3.05) is 46.8 Å². The minimum absolute atomic E-state index is 0.297. The van der Waals surface area contributed by atoms with Gasteiger partial charge in [-0.15, -0.1) is 0 Å². The average molecular weight is 305 g/mol. The first-order chi connectivity index (χ1) is 10.6. The summed E-state index contributed by atoms with van der Waals surface area (Å²) in [5.41, 5.74) is 1.27. The molecule has 0 spiro atoms. The summed E-state index contributed by atoms with van der Waals surface area (Å²) in [6.07, 6.45) is 5.26. The number of carbonyl (C=O) groups excluding carboxylic acids is 1. The number of carbonyl (C=O) groups is 1. The molecular weight excluding hydrogens is 278 g/mol. The van der Waals surface area contributed by atoms with Gasteiger partial charge >= 0.3 is 0 Å². The van der Waals surface area contributed by atoms with Crippen LogP contribution < -0.4 is 0 Å². The Morgan fingerprint density at radius 3 is 2.68 bits per heavy atom. The quantitative estimate of drug-likeness (QED) is 0.809. The fraction of sp³-hybridized carbons (Fsp3) is 0.750. The topological polar surface area (TPSA) is 44.6 Å². The van der Waals surface area contributed by atoms with Gasteiger partial charge in [0.15, 0.2) is 0 Å². The first-order valence-electron chi connectivity index (χ1n) is 8.31. The SMILES string of the molecule is CN(C)Cc1cnc2n1CCN(CC(=O)N1CCCC1)CC2. The molecule has 1 saturated heterocycles. The standard InChI is InChI=1S/C16H27N5O/c1-18(2)12-14-11-17-15-5-8-19(9-10-21(14)15)13-16(22)20-6-3-4-7-20/h11H,3-10,12-13H2,1-2H3. The molecule has 122 valence electrons. The van der Waals surface area contributed by atoms with Gasteiger partial charge in [0.2, 0.25) is 5.91 Å². The Kier molecular flexibility index (Phi) is 4.78. The first kappa shape index (κ1) is 15.5. The van der Waals surface area contributed by atoms with Gasteiger partial charge in [0.1, 0.15) is 5.82 Å². The molecule has 3 rings (SSSR count). The number of aromatic nitrogens is 2. The second-order valence-electron chi connectivity index (χ2n) is 6.67. The van der Waals surface area contributed by atoms with Crippen LogP contribution >= 0.6 is 0 Å². The maximum atomic E-state index is 12.3. The summed E-state index contributed by atoms with van der Waals surface area (Å²) >= 11 is 0. The van der Waals surface area contributed by atoms with E-state index in [2.05, 4.69) is 33.4 Å². The van der Waals surface area contributed by atoms with Gasteiger partial charge in [-0.05, 0) is 26.9 Å². The number of nitrogens with zero attached hydrogens (tertiary/aromatic N) is 5. The molecule has 0 aromatic carbocycles. The number of amides is 1. The van der Waals surface area contributed by atoms with E-state index in [0.29, 0.717) is 12.5 Å². The Balaban J connectivity index is 1.58. The van der Waals surface area contributed by atoms with Crippen LogP contribution in [0.2, 0.25) is 0 Å². The molecular formula is C16H27N5O. The van der Waals surface area contributed by atoms with Crippen LogP contribution in [0.3, 0.4) is 0 Å². The molecule has 0 atom stereocenters. The Morgan fingerprint density at radius 1 is 1.18 bits per heavy atom. The number of fused-ring (bicyclic) bond motifs is 1. The van der Waals surface area contributed by atoms with Crippen LogP contribution in [0.1, 0.15) is 24.4 Å². The molecule has 0 bridgehead atoms. The first-order valence-corrected chi connectivity index (χ1v) is 8.31. The zero-order valence-electron chi connectivity index (χ0n) is 13.8. The van der Waals surface area contributed by atoms with Crippen molar-refractivity contribution in [3.8, 4) is 0 Å². The highest BCUT2D eigenvalue weighted by atomic mass is 16.2. The van der Waals surface area contributed by atoms with Crippen LogP contribution in [-0.2, 0) is 24.3 Å². The van der Waals surface area contributed by atoms with Gasteiger partial charge in [0.05, 0.1) is 12.2 Å². The molecule has 0 radical (unpaired) electrons. The van der Waals surface area contributed by atoms with Gasteiger partial charge in [0, 0.05) is 51.9 Å². The van der Waals surface area contributed by atoms with Gasteiger partial charge in [-0.3, -0.25) is 9.69 Å². The molecule has 1 amide bonds. The predicted octanol–water partition coefficient (Wildman–Crippen LogP) is 0.425. The van der Waals surface area contributed by atoms with Crippen molar-refractivity contribution in [2.45, 2.75) is 32.4 Å². The monoisotopic (exact) mass is 305 g/mol. The van der Waals surface area contributed by atoms with E-state index in [1.165, 1.54) is 5.69 Å². The second kappa shape index (κ2) is 6.79. The third-order valence-corrected chi connectivity index (χ3v) is 4.61. The fourth-order valence-corrected chi connectivity index (χ4v) is 3.40. The lowest BCUT2D eigenvalue weighted by molar-refractivity contribution is -0.131. The van der Waals surface area contributed by atoms with E-state index >= 15 is 0 Å². The van der Waals surface area contributed by atoms with E-state index in [4.69, 9.17) is 0 Å². The minimum atomic E-state index is 0.297. The van der Waals surface area contributed by atoms with Crippen LogP contribution in [0.25, 0.3) is 0 Å². The Bertz CT molecular complexity index is 519. The lowest BCUT2D eigenvalue weighted by atomic mass is 10.3. The highest BCUT2D eigenvalue weighted by Crippen LogP contribution is 2.14. The summed E-state index contributed by atoms with van der Waals surface area (Å²) in [7, 11) is 4.16. The lowest BCUT2D eigenvalue weighted by Gasteiger charge is -2.23. The van der Waals surface area contributed by atoms with E-state index in [0.717, 1.165) is 64.4 Å². The molecule has 22 heavy (non-hydrogen) atoms. The summed E-state index contributed by atoms with van der Waals surface area (Å²) in [6.45, 7) is 6.17. The minimum Gasteiger partial charge on any atom is -0.342 e. The predicted molar refractivity (Wildman–Crippen MR) is 85.6 cm³/mol. The van der Waals surface area contributed by atoms with E-state index in [-0.39, 0.29) is 0 Å². The summed E-state index contributed by atoms with van der Waals surface area (Å²) in [5, 5.41) is 0. The fourth-order valence-electron chi connectivity index (χ4n) is 3.40. The van der Waals surface area contributed by atoms with Crippen molar-refractivity contribution < 1.29 is 4.79 Å². The molecule has 0 N–H and O–H groups in total. The average Bonchev–Trinajstić information content (AvgIpc) is 3.08. The molecule has 1 aromatic heterocycles. The number of hydrogen-bond donors (Lipinski definition) is 0. The Hall–Kier alpha value is -1.40. The lowest BCUT2D eigenvalue weighted by Crippen LogP contribution is -2.40. The summed E-state index contributed by atoms with van der Waals surface area (Å²) in [4.78, 5) is 23.4. The normalized spacial score (nSPS) is 19.5. The second-order valence-corrected chi connectivity index (χ2v) is 6.67. The summed E-state index contributed by atoms with van der Waals surface area (Å²) in [5.74, 6) is 1.46. The molecule has 1 fully saturated rings. The molecule has 0 unspecified atom stereocenters. The number of rotatable bonds is 4. The highest BCUT2D eigenvalue weighted by Gasteiger charge is 2.23. The maximum absolute atomic E-state index is 12.3. The molecule has 6 nitrogen and oxygen atoms in total. The van der Waals surface area contributed by atoms with Crippen LogP contribution in [-0.4, -0.2) is 77.0 Å². The van der Waals surface area contributed by atoms with Crippen LogP contribution in [0.15, 0.2) is 6.20 Å². The number of likely N-dealkylation sites (tertiary alicyclic amines) is 1. The summed E-state index contributed by atoms with van der Waals surface area (Å²) < 4.78 is 2.33. The molecule has 6 heteroatoms. The molecule has 2 aliphatic heterocycles. The van der Waals surface area contributed by atoms with E-state index in [1.807, 2.05) is 11.1 Å². The van der Waals surface area contributed by atoms with E-state index in [9.17, 15) is 4.79 Å². The molecule has 2 aliphatic rings. The van der Waals surface area contributed by atoms with Gasteiger partial charge in [-0.25, -0.2) is 4.98 Å². The zero-order valence-corrected chi connectivity index (χ0v) is 13.8. The van der Waals surface area contributed by atoms with Gasteiger partial charge < -0.3 is 14.4 Å². The van der Waals surface area contributed by atoms with Crippen LogP contribution in [0.5, 0.6) is 0 Å². The van der Waals surface area contributed by atoms with E-state index < -0.39 is 0 Å². The van der Waals surface area contributed by atoms with Crippen molar-refractivity contribution in [1.82, 2.24) is 24.3 Å².